The van der Waals surface area contributed by atoms with Crippen molar-refractivity contribution in [3.05, 3.63) is 71.0 Å². The normalized spacial score (nSPS) is 10.7. The smallest absolute Gasteiger partial charge is 0.222 e. The number of para-hydroxylation sites is 1. The van der Waals surface area contributed by atoms with Gasteiger partial charge in [-0.15, -0.1) is 0 Å². The molecule has 0 bridgehead atoms. The molecule has 6 heteroatoms. The lowest BCUT2D eigenvalue weighted by Crippen LogP contribution is -2.27. The highest BCUT2D eigenvalue weighted by atomic mass is 16.5. The average molecular weight is 408 g/mol. The predicted octanol–water partition coefficient (Wildman–Crippen LogP) is 4.10. The Bertz CT molecular complexity index is 1010. The molecule has 30 heavy (non-hydrogen) atoms. The molecular weight excluding hydrogens is 378 g/mol. The molecule has 0 N–H and O–H groups in total. The number of hydrogen-bond donors (Lipinski definition) is 0. The van der Waals surface area contributed by atoms with Crippen LogP contribution in [0.25, 0.3) is 5.69 Å². The van der Waals surface area contributed by atoms with Gasteiger partial charge in [0.2, 0.25) is 5.91 Å². The summed E-state index contributed by atoms with van der Waals surface area (Å²) in [6.45, 7) is 4.57. The van der Waals surface area contributed by atoms with E-state index in [9.17, 15) is 4.79 Å². The van der Waals surface area contributed by atoms with E-state index in [1.54, 1.807) is 19.1 Å². The van der Waals surface area contributed by atoms with Crippen molar-refractivity contribution < 1.29 is 14.3 Å². The van der Waals surface area contributed by atoms with Gasteiger partial charge in [-0.3, -0.25) is 4.79 Å². The second-order valence-electron chi connectivity index (χ2n) is 7.34. The van der Waals surface area contributed by atoms with Gasteiger partial charge in [-0.2, -0.15) is 5.10 Å². The van der Waals surface area contributed by atoms with Crippen LogP contribution in [0.2, 0.25) is 0 Å². The van der Waals surface area contributed by atoms with Crippen molar-refractivity contribution in [2.75, 3.05) is 21.3 Å². The van der Waals surface area contributed by atoms with Crippen molar-refractivity contribution in [3.8, 4) is 17.2 Å². The van der Waals surface area contributed by atoms with Crippen LogP contribution in [0.3, 0.4) is 0 Å². The fraction of sp³-hybridized carbons (Fsp3) is 0.333. The van der Waals surface area contributed by atoms with Crippen LogP contribution >= 0.6 is 0 Å². The minimum Gasteiger partial charge on any atom is -0.493 e. The molecule has 0 aliphatic heterocycles. The molecule has 0 saturated heterocycles. The lowest BCUT2D eigenvalue weighted by atomic mass is 10.1. The van der Waals surface area contributed by atoms with Crippen molar-refractivity contribution in [2.24, 2.45) is 0 Å². The lowest BCUT2D eigenvalue weighted by Gasteiger charge is -2.18. The van der Waals surface area contributed by atoms with Gasteiger partial charge in [-0.1, -0.05) is 24.3 Å². The minimum atomic E-state index is 0.0936. The highest BCUT2D eigenvalue weighted by Gasteiger charge is 2.17. The Hall–Kier alpha value is -3.28. The van der Waals surface area contributed by atoms with E-state index in [0.717, 1.165) is 28.2 Å². The molecule has 0 aliphatic rings. The van der Waals surface area contributed by atoms with Crippen LogP contribution in [0.15, 0.2) is 48.5 Å². The maximum absolute atomic E-state index is 12.7. The molecule has 1 aromatic heterocycles. The highest BCUT2D eigenvalue weighted by Crippen LogP contribution is 2.28. The van der Waals surface area contributed by atoms with Crippen LogP contribution in [0.5, 0.6) is 11.5 Å². The van der Waals surface area contributed by atoms with E-state index in [-0.39, 0.29) is 5.91 Å². The van der Waals surface area contributed by atoms with E-state index < -0.39 is 0 Å². The van der Waals surface area contributed by atoms with Crippen molar-refractivity contribution in [1.82, 2.24) is 14.7 Å². The second-order valence-corrected chi connectivity index (χ2v) is 7.34. The number of hydrogen-bond acceptors (Lipinski definition) is 4. The number of amides is 1. The molecule has 3 aromatic rings. The van der Waals surface area contributed by atoms with Crippen LogP contribution in [0, 0.1) is 13.8 Å². The molecule has 0 fully saturated rings. The number of methoxy groups -OCH3 is 2. The summed E-state index contributed by atoms with van der Waals surface area (Å²) in [7, 11) is 5.07. The van der Waals surface area contributed by atoms with Gasteiger partial charge in [0.1, 0.15) is 0 Å². The molecule has 6 nitrogen and oxygen atoms in total. The SMILES string of the molecule is COc1ccc(CCC(=O)N(C)Cc2c(C)nn(-c3ccccc3)c2C)cc1OC. The Morgan fingerprint density at radius 1 is 1.03 bits per heavy atom. The zero-order valence-electron chi connectivity index (χ0n) is 18.3. The molecule has 3 rings (SSSR count). The van der Waals surface area contributed by atoms with Gasteiger partial charge in [-0.05, 0) is 50.1 Å². The van der Waals surface area contributed by atoms with Crippen molar-refractivity contribution >= 4 is 5.91 Å². The number of ether oxygens (including phenoxy) is 2. The minimum absolute atomic E-state index is 0.0936. The first kappa shape index (κ1) is 21.4. The molecule has 2 aromatic carbocycles. The number of aryl methyl sites for hydroxylation is 2. The zero-order valence-corrected chi connectivity index (χ0v) is 18.3. The van der Waals surface area contributed by atoms with E-state index >= 15 is 0 Å². The summed E-state index contributed by atoms with van der Waals surface area (Å²) in [6, 6.07) is 15.8. The molecule has 0 aliphatic carbocycles. The molecule has 0 atom stereocenters. The molecule has 0 unspecified atom stereocenters. The van der Waals surface area contributed by atoms with Crippen molar-refractivity contribution in [2.45, 2.75) is 33.2 Å². The molecule has 1 heterocycles. The third kappa shape index (κ3) is 4.64. The quantitative estimate of drug-likeness (QED) is 0.564. The Labute approximate surface area is 178 Å². The first-order chi connectivity index (χ1) is 14.4. The first-order valence-corrected chi connectivity index (χ1v) is 10.00. The number of nitrogens with zero attached hydrogens (tertiary/aromatic N) is 3. The monoisotopic (exact) mass is 407 g/mol. The van der Waals surface area contributed by atoms with Gasteiger partial charge in [0.25, 0.3) is 0 Å². The summed E-state index contributed by atoms with van der Waals surface area (Å²) in [6.07, 6.45) is 1.07. The molecule has 158 valence electrons. The van der Waals surface area contributed by atoms with Crippen molar-refractivity contribution in [1.29, 1.82) is 0 Å². The largest absolute Gasteiger partial charge is 0.493 e. The number of rotatable bonds is 8. The number of benzene rings is 2. The molecule has 0 saturated carbocycles. The van der Waals surface area contributed by atoms with Crippen LogP contribution in [0.4, 0.5) is 0 Å². The van der Waals surface area contributed by atoms with Gasteiger partial charge in [-0.25, -0.2) is 4.68 Å². The third-order valence-corrected chi connectivity index (χ3v) is 5.34. The molecule has 1 amide bonds. The summed E-state index contributed by atoms with van der Waals surface area (Å²) in [5.41, 5.74) is 5.14. The number of carbonyl (C=O) groups excluding carboxylic acids is 1. The molecule has 0 spiro atoms. The average Bonchev–Trinajstić information content (AvgIpc) is 3.05. The lowest BCUT2D eigenvalue weighted by molar-refractivity contribution is -0.130. The fourth-order valence-electron chi connectivity index (χ4n) is 3.53. The second kappa shape index (κ2) is 9.48. The summed E-state index contributed by atoms with van der Waals surface area (Å²) >= 11 is 0. The molecular formula is C24H29N3O3. The first-order valence-electron chi connectivity index (χ1n) is 10.00. The molecule has 0 radical (unpaired) electrons. The summed E-state index contributed by atoms with van der Waals surface area (Å²) < 4.78 is 12.6. The van der Waals surface area contributed by atoms with Gasteiger partial charge in [0.05, 0.1) is 25.6 Å². The zero-order chi connectivity index (χ0) is 21.7. The predicted molar refractivity (Wildman–Crippen MR) is 117 cm³/mol. The van der Waals surface area contributed by atoms with Crippen LogP contribution in [-0.4, -0.2) is 41.9 Å². The van der Waals surface area contributed by atoms with Crippen LogP contribution < -0.4 is 9.47 Å². The maximum atomic E-state index is 12.7. The van der Waals surface area contributed by atoms with Crippen LogP contribution in [0.1, 0.15) is 28.9 Å². The Balaban J connectivity index is 1.66. The third-order valence-electron chi connectivity index (χ3n) is 5.34. The van der Waals surface area contributed by atoms with Gasteiger partial charge < -0.3 is 14.4 Å². The maximum Gasteiger partial charge on any atom is 0.222 e. The summed E-state index contributed by atoms with van der Waals surface area (Å²) in [5, 5.41) is 4.67. The van der Waals surface area contributed by atoms with E-state index in [2.05, 4.69) is 5.10 Å². The van der Waals surface area contributed by atoms with Gasteiger partial charge in [0, 0.05) is 31.3 Å². The highest BCUT2D eigenvalue weighted by molar-refractivity contribution is 5.76. The summed E-state index contributed by atoms with van der Waals surface area (Å²) in [5.74, 6) is 1.46. The Kier molecular flexibility index (Phi) is 6.77. The standard InChI is InChI=1S/C24H29N3O3/c1-17-21(18(2)27(25-17)20-9-7-6-8-10-20)16-26(3)24(28)14-12-19-11-13-22(29-4)23(15-19)30-5/h6-11,13,15H,12,14,16H2,1-5H3. The van der Waals surface area contributed by atoms with Crippen molar-refractivity contribution in [3.63, 3.8) is 0 Å². The van der Waals surface area contributed by atoms with E-state index in [4.69, 9.17) is 9.47 Å². The van der Waals surface area contributed by atoms with E-state index in [0.29, 0.717) is 30.9 Å². The van der Waals surface area contributed by atoms with Crippen LogP contribution in [-0.2, 0) is 17.8 Å². The topological polar surface area (TPSA) is 56.6 Å². The Morgan fingerprint density at radius 2 is 1.73 bits per heavy atom. The number of carbonyl (C=O) groups is 1. The van der Waals surface area contributed by atoms with E-state index in [1.165, 1.54) is 0 Å². The summed E-state index contributed by atoms with van der Waals surface area (Å²) in [4.78, 5) is 14.5. The fourth-order valence-corrected chi connectivity index (χ4v) is 3.53. The van der Waals surface area contributed by atoms with E-state index in [1.807, 2.05) is 74.1 Å². The number of aromatic nitrogens is 2. The van der Waals surface area contributed by atoms with Gasteiger partial charge >= 0.3 is 0 Å². The van der Waals surface area contributed by atoms with Gasteiger partial charge in [0.15, 0.2) is 11.5 Å². The Morgan fingerprint density at radius 3 is 2.40 bits per heavy atom.